The van der Waals surface area contributed by atoms with E-state index in [1.807, 2.05) is 0 Å². The predicted octanol–water partition coefficient (Wildman–Crippen LogP) is 2.04. The lowest BCUT2D eigenvalue weighted by molar-refractivity contribution is 0.136. The average molecular weight is 252 g/mol. The molecule has 0 aromatic heterocycles. The number of hydrogen-bond donors (Lipinski definition) is 1. The Kier molecular flexibility index (Phi) is 3.48. The van der Waals surface area contributed by atoms with Crippen molar-refractivity contribution in [1.29, 1.82) is 5.26 Å². The third-order valence-corrected chi connectivity index (χ3v) is 3.43. The molecule has 2 rings (SSSR count). The SMILES string of the molecule is CC(O)C1CCN(c2ccc(C#N)c(F)c2F)C1. The van der Waals surface area contributed by atoms with Gasteiger partial charge in [0.05, 0.1) is 17.4 Å². The van der Waals surface area contributed by atoms with Crippen LogP contribution in [0.1, 0.15) is 18.9 Å². The molecule has 1 aliphatic rings. The van der Waals surface area contributed by atoms with Crippen LogP contribution in [0.25, 0.3) is 0 Å². The van der Waals surface area contributed by atoms with Gasteiger partial charge < -0.3 is 10.0 Å². The van der Waals surface area contributed by atoms with Crippen molar-refractivity contribution in [2.45, 2.75) is 19.4 Å². The van der Waals surface area contributed by atoms with Crippen molar-refractivity contribution in [3.05, 3.63) is 29.3 Å². The molecule has 2 unspecified atom stereocenters. The second-order valence-electron chi connectivity index (χ2n) is 4.61. The van der Waals surface area contributed by atoms with Crippen LogP contribution < -0.4 is 4.90 Å². The summed E-state index contributed by atoms with van der Waals surface area (Å²) in [6, 6.07) is 4.31. The average Bonchev–Trinajstić information content (AvgIpc) is 2.82. The maximum atomic E-state index is 13.8. The van der Waals surface area contributed by atoms with Gasteiger partial charge in [-0.2, -0.15) is 5.26 Å². The molecular formula is C13H14F2N2O. The Hall–Kier alpha value is -1.67. The van der Waals surface area contributed by atoms with Crippen molar-refractivity contribution in [2.24, 2.45) is 5.92 Å². The van der Waals surface area contributed by atoms with Gasteiger partial charge in [0.25, 0.3) is 0 Å². The normalized spacial score (nSPS) is 20.8. The topological polar surface area (TPSA) is 47.3 Å². The molecule has 0 saturated carbocycles. The molecule has 1 aromatic rings. The lowest BCUT2D eigenvalue weighted by Gasteiger charge is -2.20. The number of benzene rings is 1. The van der Waals surface area contributed by atoms with Crippen LogP contribution in [0.15, 0.2) is 12.1 Å². The molecule has 2 atom stereocenters. The van der Waals surface area contributed by atoms with Crippen LogP contribution in [0.5, 0.6) is 0 Å². The van der Waals surface area contributed by atoms with E-state index in [1.165, 1.54) is 12.1 Å². The van der Waals surface area contributed by atoms with Crippen LogP contribution in [0.3, 0.4) is 0 Å². The van der Waals surface area contributed by atoms with Gasteiger partial charge in [0, 0.05) is 19.0 Å². The molecule has 0 bridgehead atoms. The summed E-state index contributed by atoms with van der Waals surface area (Å²) in [5, 5.41) is 18.1. The van der Waals surface area contributed by atoms with Gasteiger partial charge in [-0.1, -0.05) is 0 Å². The molecule has 3 nitrogen and oxygen atoms in total. The van der Waals surface area contributed by atoms with E-state index in [1.54, 1.807) is 17.9 Å². The second-order valence-corrected chi connectivity index (χ2v) is 4.61. The van der Waals surface area contributed by atoms with Gasteiger partial charge in [-0.3, -0.25) is 0 Å². The Morgan fingerprint density at radius 2 is 2.17 bits per heavy atom. The van der Waals surface area contributed by atoms with E-state index in [-0.39, 0.29) is 17.2 Å². The van der Waals surface area contributed by atoms with Crippen molar-refractivity contribution in [1.82, 2.24) is 0 Å². The van der Waals surface area contributed by atoms with E-state index >= 15 is 0 Å². The fraction of sp³-hybridized carbons (Fsp3) is 0.462. The zero-order valence-corrected chi connectivity index (χ0v) is 10.0. The van der Waals surface area contributed by atoms with Crippen LogP contribution in [0, 0.1) is 28.9 Å². The van der Waals surface area contributed by atoms with E-state index in [0.717, 1.165) is 6.42 Å². The molecule has 1 fully saturated rings. The number of aliphatic hydroxyl groups is 1. The summed E-state index contributed by atoms with van der Waals surface area (Å²) in [6.07, 6.45) is 0.292. The van der Waals surface area contributed by atoms with Crippen LogP contribution in [-0.2, 0) is 0 Å². The summed E-state index contributed by atoms with van der Waals surface area (Å²) >= 11 is 0. The summed E-state index contributed by atoms with van der Waals surface area (Å²) in [7, 11) is 0. The third-order valence-electron chi connectivity index (χ3n) is 3.43. The molecule has 5 heteroatoms. The minimum Gasteiger partial charge on any atom is -0.393 e. The molecule has 0 aliphatic carbocycles. The molecule has 1 aromatic carbocycles. The Balaban J connectivity index is 2.26. The highest BCUT2D eigenvalue weighted by Gasteiger charge is 2.28. The molecular weight excluding hydrogens is 238 g/mol. The van der Waals surface area contributed by atoms with Crippen molar-refractivity contribution in [2.75, 3.05) is 18.0 Å². The molecule has 1 N–H and O–H groups in total. The van der Waals surface area contributed by atoms with E-state index in [2.05, 4.69) is 0 Å². The third kappa shape index (κ3) is 2.16. The fourth-order valence-electron chi connectivity index (χ4n) is 2.27. The first-order valence-electron chi connectivity index (χ1n) is 5.85. The Labute approximate surface area is 104 Å². The first kappa shape index (κ1) is 12.8. The molecule has 1 aliphatic heterocycles. The van der Waals surface area contributed by atoms with E-state index < -0.39 is 17.7 Å². The number of anilines is 1. The number of aliphatic hydroxyl groups excluding tert-OH is 1. The van der Waals surface area contributed by atoms with Crippen molar-refractivity contribution < 1.29 is 13.9 Å². The summed E-state index contributed by atoms with van der Waals surface area (Å²) in [4.78, 5) is 1.71. The lowest BCUT2D eigenvalue weighted by Crippen LogP contribution is -2.25. The van der Waals surface area contributed by atoms with Gasteiger partial charge in [-0.15, -0.1) is 0 Å². The first-order chi connectivity index (χ1) is 8.54. The molecule has 0 spiro atoms. The standard InChI is InChI=1S/C13H14F2N2O/c1-8(18)10-4-5-17(7-10)11-3-2-9(6-16)12(14)13(11)15/h2-3,8,10,18H,4-5,7H2,1H3. The van der Waals surface area contributed by atoms with E-state index in [0.29, 0.717) is 13.1 Å². The van der Waals surface area contributed by atoms with Gasteiger partial charge in [-0.25, -0.2) is 8.78 Å². The van der Waals surface area contributed by atoms with Crippen LogP contribution in [0.2, 0.25) is 0 Å². The molecule has 96 valence electrons. The maximum Gasteiger partial charge on any atom is 0.183 e. The summed E-state index contributed by atoms with van der Waals surface area (Å²) in [5.41, 5.74) is -0.128. The Morgan fingerprint density at radius 1 is 1.44 bits per heavy atom. The van der Waals surface area contributed by atoms with Gasteiger partial charge in [-0.05, 0) is 25.5 Å². The maximum absolute atomic E-state index is 13.8. The van der Waals surface area contributed by atoms with Crippen LogP contribution in [-0.4, -0.2) is 24.3 Å². The minimum atomic E-state index is -1.10. The van der Waals surface area contributed by atoms with E-state index in [4.69, 9.17) is 5.26 Å². The zero-order chi connectivity index (χ0) is 13.3. The molecule has 1 heterocycles. The number of nitrogens with zero attached hydrogens (tertiary/aromatic N) is 2. The van der Waals surface area contributed by atoms with Crippen LogP contribution >= 0.6 is 0 Å². The number of nitriles is 1. The molecule has 0 radical (unpaired) electrons. The highest BCUT2D eigenvalue weighted by atomic mass is 19.2. The van der Waals surface area contributed by atoms with Gasteiger partial charge in [0.2, 0.25) is 0 Å². The summed E-state index contributed by atoms with van der Waals surface area (Å²) in [5.74, 6) is -2.01. The highest BCUT2D eigenvalue weighted by Crippen LogP contribution is 2.29. The van der Waals surface area contributed by atoms with Crippen molar-refractivity contribution in [3.8, 4) is 6.07 Å². The van der Waals surface area contributed by atoms with Crippen LogP contribution in [0.4, 0.5) is 14.5 Å². The predicted molar refractivity (Wildman–Crippen MR) is 63.1 cm³/mol. The van der Waals surface area contributed by atoms with Gasteiger partial charge in [0.1, 0.15) is 6.07 Å². The Bertz CT molecular complexity index is 496. The second kappa shape index (κ2) is 4.91. The van der Waals surface area contributed by atoms with Crippen molar-refractivity contribution in [3.63, 3.8) is 0 Å². The lowest BCUT2D eigenvalue weighted by atomic mass is 10.0. The fourth-order valence-corrected chi connectivity index (χ4v) is 2.27. The number of hydrogen-bond acceptors (Lipinski definition) is 3. The van der Waals surface area contributed by atoms with Gasteiger partial charge >= 0.3 is 0 Å². The smallest absolute Gasteiger partial charge is 0.183 e. The zero-order valence-electron chi connectivity index (χ0n) is 10.0. The number of halogens is 2. The summed E-state index contributed by atoms with van der Waals surface area (Å²) < 4.78 is 27.3. The first-order valence-corrected chi connectivity index (χ1v) is 5.85. The minimum absolute atomic E-state index is 0.0723. The monoisotopic (exact) mass is 252 g/mol. The highest BCUT2D eigenvalue weighted by molar-refractivity contribution is 5.52. The Morgan fingerprint density at radius 3 is 2.72 bits per heavy atom. The van der Waals surface area contributed by atoms with E-state index in [9.17, 15) is 13.9 Å². The van der Waals surface area contributed by atoms with Crippen molar-refractivity contribution >= 4 is 5.69 Å². The molecule has 0 amide bonds. The molecule has 1 saturated heterocycles. The van der Waals surface area contributed by atoms with Gasteiger partial charge in [0.15, 0.2) is 11.6 Å². The number of rotatable bonds is 2. The molecule has 18 heavy (non-hydrogen) atoms. The summed E-state index contributed by atoms with van der Waals surface area (Å²) in [6.45, 7) is 2.78. The quantitative estimate of drug-likeness (QED) is 0.876. The largest absolute Gasteiger partial charge is 0.393 e.